The third-order valence-electron chi connectivity index (χ3n) is 6.15. The number of ether oxygens (including phenoxy) is 2. The van der Waals surface area contributed by atoms with Crippen LogP contribution in [0, 0.1) is 0 Å². The number of anilines is 1. The van der Waals surface area contributed by atoms with Gasteiger partial charge in [0, 0.05) is 24.6 Å². The van der Waals surface area contributed by atoms with Crippen LogP contribution >= 0.6 is 23.1 Å². The number of β-lactam (4-membered cyclic amide) rings is 1. The second kappa shape index (κ2) is 15.5. The van der Waals surface area contributed by atoms with Crippen LogP contribution in [0.5, 0.6) is 0 Å². The van der Waals surface area contributed by atoms with E-state index in [1.165, 1.54) is 35.0 Å². The van der Waals surface area contributed by atoms with Crippen LogP contribution in [-0.2, 0) is 38.3 Å². The van der Waals surface area contributed by atoms with Gasteiger partial charge in [0.1, 0.15) is 29.4 Å². The van der Waals surface area contributed by atoms with Crippen molar-refractivity contribution in [2.75, 3.05) is 50.5 Å². The van der Waals surface area contributed by atoms with Crippen molar-refractivity contribution in [3.05, 3.63) is 35.0 Å². The summed E-state index contributed by atoms with van der Waals surface area (Å²) in [5.41, 5.74) is 0.397. The van der Waals surface area contributed by atoms with Crippen LogP contribution in [0.4, 0.5) is 5.13 Å². The molecule has 1 aromatic rings. The monoisotopic (exact) mass is 622 g/mol. The fraction of sp³-hybridized carbons (Fsp3) is 0.500. The zero-order chi connectivity index (χ0) is 30.8. The molecule has 2 atom stereocenters. The van der Waals surface area contributed by atoms with Crippen LogP contribution in [-0.4, -0.2) is 107 Å². The Morgan fingerprint density at radius 1 is 1.24 bits per heavy atom. The van der Waals surface area contributed by atoms with Crippen molar-refractivity contribution in [1.29, 1.82) is 0 Å². The van der Waals surface area contributed by atoms with Crippen LogP contribution < -0.4 is 10.6 Å². The largest absolute Gasteiger partial charge is 0.463 e. The van der Waals surface area contributed by atoms with Gasteiger partial charge in [0.15, 0.2) is 10.8 Å². The van der Waals surface area contributed by atoms with Crippen LogP contribution in [0.1, 0.15) is 33.4 Å². The Bertz CT molecular complexity index is 1280. The smallest absolute Gasteiger partial charge is 0.355 e. The number of allylic oxidation sites excluding steroid dienone is 1. The lowest BCUT2D eigenvalue weighted by Gasteiger charge is -2.49. The first kappa shape index (κ1) is 32.8. The first-order valence-electron chi connectivity index (χ1n) is 13.2. The van der Waals surface area contributed by atoms with Crippen LogP contribution in [0.25, 0.3) is 0 Å². The van der Waals surface area contributed by atoms with Gasteiger partial charge in [-0.2, -0.15) is 0 Å². The molecule has 0 saturated carbocycles. The number of carbonyl (C=O) groups is 5. The van der Waals surface area contributed by atoms with Gasteiger partial charge < -0.3 is 29.8 Å². The summed E-state index contributed by atoms with van der Waals surface area (Å²) >= 11 is 2.40. The van der Waals surface area contributed by atoms with Crippen molar-refractivity contribution in [2.45, 2.75) is 39.1 Å². The van der Waals surface area contributed by atoms with E-state index in [1.54, 1.807) is 6.92 Å². The van der Waals surface area contributed by atoms with Crippen LogP contribution in [0.3, 0.4) is 0 Å². The lowest BCUT2D eigenvalue weighted by molar-refractivity contribution is -0.152. The van der Waals surface area contributed by atoms with Crippen LogP contribution in [0.15, 0.2) is 34.5 Å². The number of aromatic nitrogens is 1. The molecule has 16 heteroatoms. The maximum atomic E-state index is 13.3. The van der Waals surface area contributed by atoms with Gasteiger partial charge in [-0.05, 0) is 25.6 Å². The average Bonchev–Trinajstić information content (AvgIpc) is 3.42. The lowest BCUT2D eigenvalue weighted by atomic mass is 10.0. The molecule has 228 valence electrons. The second-order valence-corrected chi connectivity index (χ2v) is 10.8. The standard InChI is InChI=1S/C26H34N6O8S2/c1-6-16-13-41-24-20(23(36)32(24)21(16)25(37)39-11-10-31(7-2)8-3)29-22(35)19(30-40-12-18(34)38-9-4)17-14-42-26(28-17)27-15(5)33/h6,14,20,24H,1,7-13H2,2-5H3,(H,29,35)(H,27,28,33)/b30-19-. The number of oxime groups is 1. The van der Waals surface area contributed by atoms with Gasteiger partial charge in [0.25, 0.3) is 11.8 Å². The molecule has 2 aliphatic rings. The van der Waals surface area contributed by atoms with Gasteiger partial charge in [-0.15, -0.1) is 23.1 Å². The Hall–Kier alpha value is -3.76. The number of esters is 2. The van der Waals surface area contributed by atoms with E-state index in [0.717, 1.165) is 24.4 Å². The summed E-state index contributed by atoms with van der Waals surface area (Å²) in [6.45, 7) is 12.7. The Morgan fingerprint density at radius 2 is 1.98 bits per heavy atom. The summed E-state index contributed by atoms with van der Waals surface area (Å²) < 4.78 is 10.3. The molecule has 2 aliphatic heterocycles. The summed E-state index contributed by atoms with van der Waals surface area (Å²) in [6, 6.07) is -0.990. The zero-order valence-electron chi connectivity index (χ0n) is 23.8. The first-order valence-corrected chi connectivity index (χ1v) is 15.2. The molecule has 2 N–H and O–H groups in total. The number of hydrogen-bond acceptors (Lipinski definition) is 13. The van der Waals surface area contributed by atoms with Crippen molar-refractivity contribution < 1.29 is 38.3 Å². The lowest BCUT2D eigenvalue weighted by Crippen LogP contribution is -2.71. The van der Waals surface area contributed by atoms with Gasteiger partial charge in [-0.25, -0.2) is 14.6 Å². The molecule has 0 aromatic carbocycles. The van der Waals surface area contributed by atoms with Crippen molar-refractivity contribution in [1.82, 2.24) is 20.1 Å². The molecule has 3 rings (SSSR count). The number of nitrogens with one attached hydrogen (secondary N) is 2. The minimum Gasteiger partial charge on any atom is -0.463 e. The number of thiazole rings is 1. The highest BCUT2D eigenvalue weighted by Crippen LogP contribution is 2.41. The Labute approximate surface area is 251 Å². The fourth-order valence-electron chi connectivity index (χ4n) is 4.02. The summed E-state index contributed by atoms with van der Waals surface area (Å²) in [7, 11) is 0. The first-order chi connectivity index (χ1) is 20.1. The molecule has 1 fully saturated rings. The number of nitrogens with zero attached hydrogens (tertiary/aromatic N) is 4. The predicted molar refractivity (Wildman–Crippen MR) is 157 cm³/mol. The van der Waals surface area contributed by atoms with Crippen LogP contribution in [0.2, 0.25) is 0 Å². The summed E-state index contributed by atoms with van der Waals surface area (Å²) in [5.74, 6) is -2.63. The van der Waals surface area contributed by atoms with E-state index in [0.29, 0.717) is 17.9 Å². The molecule has 0 aliphatic carbocycles. The van der Waals surface area contributed by atoms with E-state index in [2.05, 4.69) is 32.3 Å². The average molecular weight is 623 g/mol. The minimum absolute atomic E-state index is 0.0522. The maximum absolute atomic E-state index is 13.3. The number of fused-ring (bicyclic) bond motifs is 1. The number of likely N-dealkylation sites (N-methyl/N-ethyl adjacent to an activating group) is 1. The van der Waals surface area contributed by atoms with Gasteiger partial charge in [0.2, 0.25) is 12.5 Å². The van der Waals surface area contributed by atoms with E-state index in [1.807, 2.05) is 13.8 Å². The van der Waals surface area contributed by atoms with E-state index < -0.39 is 41.8 Å². The predicted octanol–water partition coefficient (Wildman–Crippen LogP) is 1.11. The third-order valence-corrected chi connectivity index (χ3v) is 8.21. The van der Waals surface area contributed by atoms with Gasteiger partial charge >= 0.3 is 11.9 Å². The van der Waals surface area contributed by atoms with E-state index in [-0.39, 0.29) is 41.4 Å². The number of hydrogen-bond donors (Lipinski definition) is 2. The third kappa shape index (κ3) is 7.95. The molecule has 2 unspecified atom stereocenters. The zero-order valence-corrected chi connectivity index (χ0v) is 25.5. The molecule has 14 nitrogen and oxygen atoms in total. The Balaban J connectivity index is 1.75. The highest BCUT2D eigenvalue weighted by Gasteiger charge is 2.54. The minimum atomic E-state index is -0.990. The normalized spacial score (nSPS) is 18.2. The molecule has 1 aromatic heterocycles. The molecular formula is C26H34N6O8S2. The van der Waals surface area contributed by atoms with E-state index in [9.17, 15) is 24.0 Å². The maximum Gasteiger partial charge on any atom is 0.355 e. The highest BCUT2D eigenvalue weighted by molar-refractivity contribution is 8.00. The number of rotatable bonds is 15. The fourth-order valence-corrected chi connectivity index (χ4v) is 6.10. The number of carbonyl (C=O) groups excluding carboxylic acids is 5. The van der Waals surface area contributed by atoms with E-state index >= 15 is 0 Å². The van der Waals surface area contributed by atoms with E-state index in [4.69, 9.17) is 14.3 Å². The quantitative estimate of drug-likeness (QED) is 0.124. The topological polar surface area (TPSA) is 169 Å². The number of amides is 3. The molecule has 0 bridgehead atoms. The number of thioether (sulfide) groups is 1. The second-order valence-electron chi connectivity index (χ2n) is 8.84. The van der Waals surface area contributed by atoms with Crippen molar-refractivity contribution in [3.8, 4) is 0 Å². The molecule has 3 heterocycles. The molecule has 1 saturated heterocycles. The van der Waals surface area contributed by atoms with Gasteiger partial charge in [-0.3, -0.25) is 19.3 Å². The van der Waals surface area contributed by atoms with Gasteiger partial charge in [0.05, 0.1) is 6.61 Å². The molecule has 0 spiro atoms. The molecule has 0 radical (unpaired) electrons. The molecule has 3 amide bonds. The van der Waals surface area contributed by atoms with Crippen molar-refractivity contribution in [3.63, 3.8) is 0 Å². The summed E-state index contributed by atoms with van der Waals surface area (Å²) in [4.78, 5) is 75.3. The van der Waals surface area contributed by atoms with Crippen molar-refractivity contribution >= 4 is 63.6 Å². The SMILES string of the molecule is C=CC1=C(C(=O)OCCN(CC)CC)N2C(=O)C(NC(=O)/C(=N\OCC(=O)OCC)c3csc(NC(C)=O)n3)C2SC1. The summed E-state index contributed by atoms with van der Waals surface area (Å²) in [6.07, 6.45) is 1.52. The van der Waals surface area contributed by atoms with Crippen molar-refractivity contribution in [2.24, 2.45) is 5.16 Å². The van der Waals surface area contributed by atoms with Gasteiger partial charge in [-0.1, -0.05) is 31.7 Å². The Kier molecular flexibility index (Phi) is 12.1. The highest BCUT2D eigenvalue weighted by atomic mass is 32.2. The Morgan fingerprint density at radius 3 is 2.62 bits per heavy atom. The summed E-state index contributed by atoms with van der Waals surface area (Å²) in [5, 5.41) is 10.0. The molecule has 42 heavy (non-hydrogen) atoms. The molecular weight excluding hydrogens is 588 g/mol.